The summed E-state index contributed by atoms with van der Waals surface area (Å²) in [6.45, 7) is 0. The number of hydrogen-bond acceptors (Lipinski definition) is 8. The van der Waals surface area contributed by atoms with Crippen LogP contribution in [0, 0.1) is 0 Å². The zero-order chi connectivity index (χ0) is 20.8. The molecule has 0 saturated carbocycles. The van der Waals surface area contributed by atoms with Gasteiger partial charge in [0.25, 0.3) is 5.91 Å². The summed E-state index contributed by atoms with van der Waals surface area (Å²) < 4.78 is 16.0. The van der Waals surface area contributed by atoms with E-state index in [4.69, 9.17) is 14.2 Å². The number of nitrogens with zero attached hydrogens (tertiary/aromatic N) is 2. The van der Waals surface area contributed by atoms with Gasteiger partial charge in [0.15, 0.2) is 11.5 Å². The summed E-state index contributed by atoms with van der Waals surface area (Å²) in [5.74, 6) is 1.24. The van der Waals surface area contributed by atoms with Crippen LogP contribution in [0.4, 0.5) is 5.13 Å². The smallest absolute Gasteiger partial charge is 0.257 e. The lowest BCUT2D eigenvalue weighted by Crippen LogP contribution is -2.11. The van der Waals surface area contributed by atoms with Crippen LogP contribution in [0.15, 0.2) is 36.4 Å². The number of amides is 1. The molecule has 0 bridgehead atoms. The molecule has 0 aliphatic heterocycles. The van der Waals surface area contributed by atoms with E-state index in [2.05, 4.69) is 15.5 Å². The minimum absolute atomic E-state index is 0.0175. The first kappa shape index (κ1) is 20.2. The van der Waals surface area contributed by atoms with Crippen LogP contribution in [0.25, 0.3) is 12.2 Å². The molecule has 1 heterocycles. The molecule has 29 heavy (non-hydrogen) atoms. The summed E-state index contributed by atoms with van der Waals surface area (Å²) in [7, 11) is 4.65. The average molecular weight is 413 g/mol. The van der Waals surface area contributed by atoms with Crippen LogP contribution in [-0.2, 0) is 0 Å². The molecule has 150 valence electrons. The first-order valence-electron chi connectivity index (χ1n) is 8.46. The summed E-state index contributed by atoms with van der Waals surface area (Å²) in [5, 5.41) is 21.1. The zero-order valence-corrected chi connectivity index (χ0v) is 16.8. The van der Waals surface area contributed by atoms with Gasteiger partial charge in [0.05, 0.1) is 21.3 Å². The highest BCUT2D eigenvalue weighted by molar-refractivity contribution is 7.16. The molecule has 9 heteroatoms. The monoisotopic (exact) mass is 413 g/mol. The van der Waals surface area contributed by atoms with E-state index in [1.54, 1.807) is 39.5 Å². The van der Waals surface area contributed by atoms with Gasteiger partial charge in [-0.2, -0.15) is 0 Å². The number of nitrogens with one attached hydrogen (secondary N) is 1. The van der Waals surface area contributed by atoms with Gasteiger partial charge in [0.2, 0.25) is 10.9 Å². The van der Waals surface area contributed by atoms with Crippen molar-refractivity contribution < 1.29 is 24.1 Å². The fourth-order valence-corrected chi connectivity index (χ4v) is 3.18. The van der Waals surface area contributed by atoms with Gasteiger partial charge in [-0.15, -0.1) is 10.2 Å². The molecular formula is C20H19N3O5S. The van der Waals surface area contributed by atoms with Crippen LogP contribution in [0.1, 0.15) is 20.9 Å². The first-order valence-corrected chi connectivity index (χ1v) is 9.27. The molecular weight excluding hydrogens is 394 g/mol. The van der Waals surface area contributed by atoms with E-state index in [1.165, 1.54) is 23.5 Å². The quantitative estimate of drug-likeness (QED) is 0.609. The standard InChI is InChI=1S/C20H19N3O5S/c1-26-15-9-12(10-16(27-2)18(15)28-3)7-8-17-22-23-20(29-17)21-19(25)13-5-4-6-14(24)11-13/h4-11,24H,1-3H3,(H,21,23,25). The summed E-state index contributed by atoms with van der Waals surface area (Å²) in [6, 6.07) is 9.68. The van der Waals surface area contributed by atoms with Crippen molar-refractivity contribution in [1.82, 2.24) is 10.2 Å². The Morgan fingerprint density at radius 2 is 1.76 bits per heavy atom. The Morgan fingerprint density at radius 3 is 2.38 bits per heavy atom. The largest absolute Gasteiger partial charge is 0.508 e. The normalized spacial score (nSPS) is 10.7. The molecule has 0 saturated heterocycles. The average Bonchev–Trinajstić information content (AvgIpc) is 3.18. The summed E-state index contributed by atoms with van der Waals surface area (Å²) in [6.07, 6.45) is 3.59. The molecule has 0 radical (unpaired) electrons. The predicted octanol–water partition coefficient (Wildman–Crippen LogP) is 3.69. The molecule has 0 aliphatic carbocycles. The van der Waals surface area contributed by atoms with E-state index in [9.17, 15) is 9.90 Å². The first-order chi connectivity index (χ1) is 14.0. The fourth-order valence-electron chi connectivity index (χ4n) is 2.53. The minimum atomic E-state index is -0.378. The van der Waals surface area contributed by atoms with Gasteiger partial charge < -0.3 is 19.3 Å². The van der Waals surface area contributed by atoms with Crippen LogP contribution in [0.5, 0.6) is 23.0 Å². The number of hydrogen-bond donors (Lipinski definition) is 2. The second-order valence-corrected chi connectivity index (χ2v) is 6.75. The van der Waals surface area contributed by atoms with Crippen LogP contribution in [0.3, 0.4) is 0 Å². The molecule has 3 rings (SSSR count). The number of phenolic OH excluding ortho intramolecular Hbond substituents is 1. The Kier molecular flexibility index (Phi) is 6.30. The number of methoxy groups -OCH3 is 3. The highest BCUT2D eigenvalue weighted by atomic mass is 32.1. The van der Waals surface area contributed by atoms with Crippen molar-refractivity contribution in [2.45, 2.75) is 0 Å². The van der Waals surface area contributed by atoms with E-state index in [0.29, 0.717) is 33.0 Å². The van der Waals surface area contributed by atoms with Crippen LogP contribution >= 0.6 is 11.3 Å². The number of aromatic nitrogens is 2. The van der Waals surface area contributed by atoms with Crippen molar-refractivity contribution in [3.05, 3.63) is 52.5 Å². The molecule has 0 fully saturated rings. The molecule has 0 spiro atoms. The lowest BCUT2D eigenvalue weighted by atomic mass is 10.1. The summed E-state index contributed by atoms with van der Waals surface area (Å²) in [4.78, 5) is 12.2. The van der Waals surface area contributed by atoms with E-state index in [1.807, 2.05) is 18.2 Å². The van der Waals surface area contributed by atoms with E-state index in [0.717, 1.165) is 5.56 Å². The lowest BCUT2D eigenvalue weighted by Gasteiger charge is -2.12. The molecule has 3 aromatic rings. The predicted molar refractivity (Wildman–Crippen MR) is 111 cm³/mol. The van der Waals surface area contributed by atoms with Crippen molar-refractivity contribution in [2.24, 2.45) is 0 Å². The minimum Gasteiger partial charge on any atom is -0.508 e. The van der Waals surface area contributed by atoms with Crippen molar-refractivity contribution >= 4 is 34.5 Å². The van der Waals surface area contributed by atoms with Crippen molar-refractivity contribution in [2.75, 3.05) is 26.6 Å². The Morgan fingerprint density at radius 1 is 1.03 bits per heavy atom. The third-order valence-electron chi connectivity index (χ3n) is 3.87. The van der Waals surface area contributed by atoms with E-state index in [-0.39, 0.29) is 11.7 Å². The van der Waals surface area contributed by atoms with Crippen LogP contribution in [0.2, 0.25) is 0 Å². The number of benzene rings is 2. The Labute approximate surface area is 171 Å². The van der Waals surface area contributed by atoms with Crippen molar-refractivity contribution in [3.8, 4) is 23.0 Å². The molecule has 2 aromatic carbocycles. The number of carbonyl (C=O) groups is 1. The second-order valence-electron chi connectivity index (χ2n) is 5.74. The molecule has 1 amide bonds. The fraction of sp³-hybridized carbons (Fsp3) is 0.150. The number of carbonyl (C=O) groups excluding carboxylic acids is 1. The highest BCUT2D eigenvalue weighted by Gasteiger charge is 2.13. The second kappa shape index (κ2) is 9.07. The van der Waals surface area contributed by atoms with Gasteiger partial charge >= 0.3 is 0 Å². The Bertz CT molecular complexity index is 1020. The number of ether oxygens (including phenoxy) is 3. The third-order valence-corrected chi connectivity index (χ3v) is 4.68. The van der Waals surface area contributed by atoms with Gasteiger partial charge in [0.1, 0.15) is 10.8 Å². The Hall–Kier alpha value is -3.59. The Balaban J connectivity index is 1.74. The molecule has 0 atom stereocenters. The number of aromatic hydroxyl groups is 1. The van der Waals surface area contributed by atoms with Gasteiger partial charge in [0, 0.05) is 5.56 Å². The number of anilines is 1. The van der Waals surface area contributed by atoms with E-state index < -0.39 is 0 Å². The summed E-state index contributed by atoms with van der Waals surface area (Å²) >= 11 is 1.22. The lowest BCUT2D eigenvalue weighted by molar-refractivity contribution is 0.102. The van der Waals surface area contributed by atoms with Crippen molar-refractivity contribution in [1.29, 1.82) is 0 Å². The maximum atomic E-state index is 12.2. The summed E-state index contributed by atoms with van der Waals surface area (Å²) in [5.41, 5.74) is 1.15. The van der Waals surface area contributed by atoms with Gasteiger partial charge in [-0.25, -0.2) is 0 Å². The van der Waals surface area contributed by atoms with Gasteiger partial charge in [-0.1, -0.05) is 23.5 Å². The number of phenols is 1. The zero-order valence-electron chi connectivity index (χ0n) is 16.0. The third kappa shape index (κ3) is 4.82. The van der Waals surface area contributed by atoms with Gasteiger partial charge in [-0.05, 0) is 42.0 Å². The van der Waals surface area contributed by atoms with E-state index >= 15 is 0 Å². The molecule has 2 N–H and O–H groups in total. The molecule has 0 aliphatic rings. The van der Waals surface area contributed by atoms with Crippen LogP contribution in [-0.4, -0.2) is 42.5 Å². The highest BCUT2D eigenvalue weighted by Crippen LogP contribution is 2.38. The maximum Gasteiger partial charge on any atom is 0.257 e. The molecule has 1 aromatic heterocycles. The topological polar surface area (TPSA) is 103 Å². The molecule has 0 unspecified atom stereocenters. The van der Waals surface area contributed by atoms with Crippen molar-refractivity contribution in [3.63, 3.8) is 0 Å². The number of rotatable bonds is 7. The molecule has 8 nitrogen and oxygen atoms in total. The SMILES string of the molecule is COc1cc(C=Cc2nnc(NC(=O)c3cccc(O)c3)s2)cc(OC)c1OC. The van der Waals surface area contributed by atoms with Gasteiger partial charge in [-0.3, -0.25) is 10.1 Å². The maximum absolute atomic E-state index is 12.2. The van der Waals surface area contributed by atoms with Crippen LogP contribution < -0.4 is 19.5 Å².